The Hall–Kier alpha value is -2.75. The quantitative estimate of drug-likeness (QED) is 0.733. The van der Waals surface area contributed by atoms with E-state index in [2.05, 4.69) is 26.7 Å². The molecule has 1 aromatic carbocycles. The average molecular weight is 262 g/mol. The summed E-state index contributed by atoms with van der Waals surface area (Å²) in [4.78, 5) is 15.7. The molecule has 98 valence electrons. The Morgan fingerprint density at radius 1 is 1.10 bits per heavy atom. The fourth-order valence-electron chi connectivity index (χ4n) is 2.25. The smallest absolute Gasteiger partial charge is 0.0922 e. The number of pyridine rings is 1. The Labute approximate surface area is 117 Å². The lowest BCUT2D eigenvalue weighted by molar-refractivity contribution is 0.886. The van der Waals surface area contributed by atoms with Gasteiger partial charge in [-0.25, -0.2) is 4.98 Å². The van der Waals surface area contributed by atoms with E-state index in [4.69, 9.17) is 0 Å². The Morgan fingerprint density at radius 3 is 2.55 bits per heavy atom. The van der Waals surface area contributed by atoms with E-state index < -0.39 is 0 Å². The number of aliphatic imine (C=N–C) groups is 1. The van der Waals surface area contributed by atoms with Crippen LogP contribution in [0.3, 0.4) is 0 Å². The Balaban J connectivity index is 2.07. The third-order valence-electron chi connectivity index (χ3n) is 3.22. The van der Waals surface area contributed by atoms with Crippen molar-refractivity contribution in [3.63, 3.8) is 0 Å². The SMILES string of the molecule is C=Nc1ccc(C(c2ccccn2)c2cnc[nH]2)cc1. The van der Waals surface area contributed by atoms with Gasteiger partial charge in [0.15, 0.2) is 0 Å². The summed E-state index contributed by atoms with van der Waals surface area (Å²) in [7, 11) is 0. The second kappa shape index (κ2) is 5.48. The normalized spacial score (nSPS) is 12.0. The molecule has 3 rings (SSSR count). The summed E-state index contributed by atoms with van der Waals surface area (Å²) in [5, 5.41) is 0. The van der Waals surface area contributed by atoms with Crippen molar-refractivity contribution in [1.82, 2.24) is 15.0 Å². The number of imidazole rings is 1. The lowest BCUT2D eigenvalue weighted by Gasteiger charge is -2.15. The lowest BCUT2D eigenvalue weighted by Crippen LogP contribution is -2.05. The third-order valence-corrected chi connectivity index (χ3v) is 3.22. The van der Waals surface area contributed by atoms with Gasteiger partial charge in [-0.1, -0.05) is 18.2 Å². The van der Waals surface area contributed by atoms with Crippen molar-refractivity contribution in [1.29, 1.82) is 0 Å². The summed E-state index contributed by atoms with van der Waals surface area (Å²) in [5.41, 5.74) is 4.00. The van der Waals surface area contributed by atoms with Crippen LogP contribution in [0, 0.1) is 0 Å². The minimum absolute atomic E-state index is 0.0394. The number of hydrogen-bond acceptors (Lipinski definition) is 3. The van der Waals surface area contributed by atoms with Crippen molar-refractivity contribution >= 4 is 12.4 Å². The number of nitrogens with zero attached hydrogens (tertiary/aromatic N) is 3. The molecule has 0 aliphatic carbocycles. The van der Waals surface area contributed by atoms with Crippen molar-refractivity contribution in [2.24, 2.45) is 4.99 Å². The fraction of sp³-hybridized carbons (Fsp3) is 0.0625. The molecule has 2 aromatic heterocycles. The molecule has 0 radical (unpaired) electrons. The minimum atomic E-state index is 0.0394. The predicted octanol–water partition coefficient (Wildman–Crippen LogP) is 3.32. The number of benzene rings is 1. The van der Waals surface area contributed by atoms with E-state index in [9.17, 15) is 0 Å². The van der Waals surface area contributed by atoms with Gasteiger partial charge in [0.2, 0.25) is 0 Å². The van der Waals surface area contributed by atoms with Crippen LogP contribution in [-0.4, -0.2) is 21.7 Å². The van der Waals surface area contributed by atoms with Crippen molar-refractivity contribution in [2.75, 3.05) is 0 Å². The van der Waals surface area contributed by atoms with Gasteiger partial charge in [0.25, 0.3) is 0 Å². The van der Waals surface area contributed by atoms with Crippen molar-refractivity contribution in [3.8, 4) is 0 Å². The molecule has 0 aliphatic heterocycles. The van der Waals surface area contributed by atoms with Gasteiger partial charge >= 0.3 is 0 Å². The maximum Gasteiger partial charge on any atom is 0.0922 e. The molecule has 0 bridgehead atoms. The van der Waals surface area contributed by atoms with Crippen LogP contribution >= 0.6 is 0 Å². The van der Waals surface area contributed by atoms with E-state index in [1.54, 1.807) is 12.5 Å². The highest BCUT2D eigenvalue weighted by Crippen LogP contribution is 2.30. The molecule has 1 atom stereocenters. The van der Waals surface area contributed by atoms with Gasteiger partial charge in [-0.05, 0) is 36.5 Å². The molecule has 1 N–H and O–H groups in total. The zero-order valence-corrected chi connectivity index (χ0v) is 10.9. The number of hydrogen-bond donors (Lipinski definition) is 1. The molecule has 0 spiro atoms. The molecule has 2 heterocycles. The van der Waals surface area contributed by atoms with E-state index in [0.717, 1.165) is 22.6 Å². The number of aromatic amines is 1. The second-order valence-corrected chi connectivity index (χ2v) is 4.44. The van der Waals surface area contributed by atoms with Crippen LogP contribution in [0.25, 0.3) is 0 Å². The summed E-state index contributed by atoms with van der Waals surface area (Å²) < 4.78 is 0. The highest BCUT2D eigenvalue weighted by Gasteiger charge is 2.18. The van der Waals surface area contributed by atoms with Crippen LogP contribution in [0.5, 0.6) is 0 Å². The summed E-state index contributed by atoms with van der Waals surface area (Å²) in [6.07, 6.45) is 5.32. The molecule has 0 saturated carbocycles. The molecule has 3 aromatic rings. The zero-order chi connectivity index (χ0) is 13.8. The third kappa shape index (κ3) is 2.36. The number of nitrogens with one attached hydrogen (secondary N) is 1. The largest absolute Gasteiger partial charge is 0.348 e. The zero-order valence-electron chi connectivity index (χ0n) is 10.9. The van der Waals surface area contributed by atoms with Crippen LogP contribution in [-0.2, 0) is 0 Å². The Morgan fingerprint density at radius 2 is 1.95 bits per heavy atom. The molecule has 1 unspecified atom stereocenters. The maximum absolute atomic E-state index is 4.47. The summed E-state index contributed by atoms with van der Waals surface area (Å²) in [5.74, 6) is 0.0394. The molecule has 0 aliphatic rings. The number of rotatable bonds is 4. The molecule has 20 heavy (non-hydrogen) atoms. The van der Waals surface area contributed by atoms with E-state index >= 15 is 0 Å². The first-order valence-electron chi connectivity index (χ1n) is 6.34. The van der Waals surface area contributed by atoms with Gasteiger partial charge in [0.1, 0.15) is 0 Å². The molecule has 0 fully saturated rings. The molecule has 0 saturated heterocycles. The van der Waals surface area contributed by atoms with Crippen molar-refractivity contribution < 1.29 is 0 Å². The predicted molar refractivity (Wildman–Crippen MR) is 79.4 cm³/mol. The summed E-state index contributed by atoms with van der Waals surface area (Å²) >= 11 is 0. The lowest BCUT2D eigenvalue weighted by atomic mass is 9.92. The molecular formula is C16H14N4. The van der Waals surface area contributed by atoms with Crippen LogP contribution in [0.4, 0.5) is 5.69 Å². The standard InChI is InChI=1S/C16H14N4/c1-17-13-7-5-12(6-8-13)16(15-10-18-11-20-15)14-4-2-3-9-19-14/h2-11,16H,1H2,(H,18,20). The summed E-state index contributed by atoms with van der Waals surface area (Å²) in [6, 6.07) is 13.9. The van der Waals surface area contributed by atoms with Gasteiger partial charge in [-0.2, -0.15) is 0 Å². The Bertz CT molecular complexity index is 672. The van der Waals surface area contributed by atoms with Crippen LogP contribution in [0.1, 0.15) is 22.9 Å². The van der Waals surface area contributed by atoms with Gasteiger partial charge in [-0.15, -0.1) is 0 Å². The Kier molecular flexibility index (Phi) is 3.37. The highest BCUT2D eigenvalue weighted by atomic mass is 14.9. The van der Waals surface area contributed by atoms with Crippen LogP contribution in [0.2, 0.25) is 0 Å². The van der Waals surface area contributed by atoms with E-state index in [-0.39, 0.29) is 5.92 Å². The van der Waals surface area contributed by atoms with Crippen LogP contribution < -0.4 is 0 Å². The number of aromatic nitrogens is 3. The van der Waals surface area contributed by atoms with Gasteiger partial charge in [0, 0.05) is 18.1 Å². The van der Waals surface area contributed by atoms with Gasteiger partial charge < -0.3 is 4.98 Å². The minimum Gasteiger partial charge on any atom is -0.348 e. The van der Waals surface area contributed by atoms with E-state index in [1.165, 1.54) is 0 Å². The molecule has 4 nitrogen and oxygen atoms in total. The summed E-state index contributed by atoms with van der Waals surface area (Å²) in [6.45, 7) is 3.53. The van der Waals surface area contributed by atoms with Crippen LogP contribution in [0.15, 0.2) is 66.2 Å². The first kappa shape index (κ1) is 12.3. The number of H-pyrrole nitrogens is 1. The van der Waals surface area contributed by atoms with Crippen molar-refractivity contribution in [3.05, 3.63) is 78.1 Å². The molecule has 4 heteroatoms. The van der Waals surface area contributed by atoms with Gasteiger partial charge in [0.05, 0.1) is 23.6 Å². The fourth-order valence-corrected chi connectivity index (χ4v) is 2.25. The van der Waals surface area contributed by atoms with E-state index in [0.29, 0.717) is 0 Å². The second-order valence-electron chi connectivity index (χ2n) is 4.44. The average Bonchev–Trinajstić information content (AvgIpc) is 3.03. The first-order chi connectivity index (χ1) is 9.88. The first-order valence-corrected chi connectivity index (χ1v) is 6.34. The maximum atomic E-state index is 4.47. The van der Waals surface area contributed by atoms with E-state index in [1.807, 2.05) is 48.7 Å². The topological polar surface area (TPSA) is 53.9 Å². The molecule has 0 amide bonds. The monoisotopic (exact) mass is 262 g/mol. The molecular weight excluding hydrogens is 248 g/mol. The van der Waals surface area contributed by atoms with Crippen molar-refractivity contribution in [2.45, 2.75) is 5.92 Å². The highest BCUT2D eigenvalue weighted by molar-refractivity contribution is 5.48. The van der Waals surface area contributed by atoms with Gasteiger partial charge in [-0.3, -0.25) is 9.98 Å².